The highest BCUT2D eigenvalue weighted by molar-refractivity contribution is 8.05. The molecule has 1 heterocycles. The molecule has 0 amide bonds. The third-order valence-corrected chi connectivity index (χ3v) is 2.92. The lowest BCUT2D eigenvalue weighted by molar-refractivity contribution is -0.143. The lowest BCUT2D eigenvalue weighted by atomic mass is 10.3. The Hall–Kier alpha value is -0.150. The summed E-state index contributed by atoms with van der Waals surface area (Å²) < 4.78 is 3.92. The summed E-state index contributed by atoms with van der Waals surface area (Å²) in [5.74, 6) is -0.336. The van der Waals surface area contributed by atoms with Gasteiger partial charge in [0.15, 0.2) is 4.21 Å². The normalized spacial score (nSPS) is 28.9. The van der Waals surface area contributed by atoms with Gasteiger partial charge >= 0.3 is 5.97 Å². The van der Waals surface area contributed by atoms with Crippen LogP contribution >= 0.6 is 23.4 Å². The van der Waals surface area contributed by atoms with Crippen LogP contribution in [0.2, 0.25) is 0 Å². The quantitative estimate of drug-likeness (QED) is 0.495. The molecule has 0 fully saturated rings. The number of alkyl halides is 1. The second kappa shape index (κ2) is 3.50. The van der Waals surface area contributed by atoms with Crippen LogP contribution in [0, 0.1) is 0 Å². The largest absolute Gasteiger partial charge is 0.464 e. The zero-order valence-corrected chi connectivity index (χ0v) is 7.74. The number of allylic oxidation sites excluding steroid dienone is 1. The molecule has 2 nitrogen and oxygen atoms in total. The first kappa shape index (κ1) is 8.94. The molecule has 4 heteroatoms. The van der Waals surface area contributed by atoms with Crippen molar-refractivity contribution in [3.05, 3.63) is 11.5 Å². The van der Waals surface area contributed by atoms with Crippen molar-refractivity contribution in [3.8, 4) is 0 Å². The predicted octanol–water partition coefficient (Wildman–Crippen LogP) is 2.14. The van der Waals surface area contributed by atoms with E-state index in [0.29, 0.717) is 13.0 Å². The molecule has 1 rings (SSSR count). The third-order valence-electron chi connectivity index (χ3n) is 1.31. The number of rotatable bonds is 2. The van der Waals surface area contributed by atoms with Crippen molar-refractivity contribution < 1.29 is 9.53 Å². The second-order valence-corrected chi connectivity index (χ2v) is 4.22. The van der Waals surface area contributed by atoms with Crippen LogP contribution in [0.15, 0.2) is 11.5 Å². The molecule has 0 aliphatic carbocycles. The van der Waals surface area contributed by atoms with Gasteiger partial charge in [0, 0.05) is 6.42 Å². The highest BCUT2D eigenvalue weighted by Gasteiger charge is 2.39. The highest BCUT2D eigenvalue weighted by Crippen LogP contribution is 2.41. The Balaban J connectivity index is 2.51. The van der Waals surface area contributed by atoms with Crippen LogP contribution in [0.5, 0.6) is 0 Å². The van der Waals surface area contributed by atoms with Crippen LogP contribution in [-0.4, -0.2) is 16.8 Å². The molecule has 1 aliphatic heterocycles. The lowest BCUT2D eigenvalue weighted by Crippen LogP contribution is -2.28. The first-order chi connectivity index (χ1) is 5.19. The van der Waals surface area contributed by atoms with E-state index >= 15 is 0 Å². The Kier molecular flexibility index (Phi) is 2.84. The molecule has 1 unspecified atom stereocenters. The fraction of sp³-hybridized carbons (Fsp3) is 0.571. The van der Waals surface area contributed by atoms with Gasteiger partial charge in [0.05, 0.1) is 6.61 Å². The van der Waals surface area contributed by atoms with E-state index in [9.17, 15) is 4.79 Å². The standard InChI is InChI=1S/C7H9ClO2S/c1-2-10-6(9)7(8)4-3-5-11-7/h3,5H,2,4H2,1H3. The molecule has 1 atom stereocenters. The van der Waals surface area contributed by atoms with Crippen LogP contribution in [0.1, 0.15) is 13.3 Å². The first-order valence-corrected chi connectivity index (χ1v) is 4.64. The smallest absolute Gasteiger partial charge is 0.338 e. The van der Waals surface area contributed by atoms with Gasteiger partial charge in [-0.2, -0.15) is 0 Å². The first-order valence-electron chi connectivity index (χ1n) is 3.38. The maximum Gasteiger partial charge on any atom is 0.338 e. The molecular weight excluding hydrogens is 184 g/mol. The second-order valence-electron chi connectivity index (χ2n) is 2.14. The minimum Gasteiger partial charge on any atom is -0.464 e. The molecule has 0 aromatic carbocycles. The van der Waals surface area contributed by atoms with E-state index in [0.717, 1.165) is 0 Å². The Bertz CT molecular complexity index is 183. The van der Waals surface area contributed by atoms with Gasteiger partial charge in [-0.05, 0) is 12.3 Å². The minimum absolute atomic E-state index is 0.336. The average molecular weight is 193 g/mol. The summed E-state index contributed by atoms with van der Waals surface area (Å²) in [6.07, 6.45) is 2.42. The van der Waals surface area contributed by atoms with Crippen molar-refractivity contribution in [2.45, 2.75) is 17.6 Å². The van der Waals surface area contributed by atoms with E-state index in [-0.39, 0.29) is 5.97 Å². The molecule has 11 heavy (non-hydrogen) atoms. The Morgan fingerprint density at radius 1 is 1.91 bits per heavy atom. The monoisotopic (exact) mass is 192 g/mol. The molecule has 0 aromatic rings. The number of hydrogen-bond acceptors (Lipinski definition) is 3. The van der Waals surface area contributed by atoms with E-state index in [1.807, 2.05) is 11.5 Å². The fourth-order valence-corrected chi connectivity index (χ4v) is 1.83. The van der Waals surface area contributed by atoms with Gasteiger partial charge in [0.2, 0.25) is 0 Å². The van der Waals surface area contributed by atoms with Crippen LogP contribution in [0.4, 0.5) is 0 Å². The number of ether oxygens (including phenoxy) is 1. The van der Waals surface area contributed by atoms with Crippen LogP contribution in [-0.2, 0) is 9.53 Å². The van der Waals surface area contributed by atoms with E-state index in [1.54, 1.807) is 6.92 Å². The van der Waals surface area contributed by atoms with Crippen LogP contribution < -0.4 is 0 Å². The molecule has 0 radical (unpaired) electrons. The summed E-state index contributed by atoms with van der Waals surface area (Å²) in [7, 11) is 0. The van der Waals surface area contributed by atoms with Crippen molar-refractivity contribution in [3.63, 3.8) is 0 Å². The number of carbonyl (C=O) groups excluding carboxylic acids is 1. The minimum atomic E-state index is -0.879. The molecule has 0 bridgehead atoms. The Labute approximate surface area is 74.9 Å². The Morgan fingerprint density at radius 3 is 3.09 bits per heavy atom. The lowest BCUT2D eigenvalue weighted by Gasteiger charge is -2.16. The molecular formula is C7H9ClO2S. The number of carbonyl (C=O) groups is 1. The van der Waals surface area contributed by atoms with Crippen molar-refractivity contribution in [1.29, 1.82) is 0 Å². The van der Waals surface area contributed by atoms with Gasteiger partial charge in [-0.25, -0.2) is 4.79 Å². The maximum atomic E-state index is 11.2. The average Bonchev–Trinajstić information content (AvgIpc) is 2.38. The summed E-state index contributed by atoms with van der Waals surface area (Å²) in [6.45, 7) is 2.15. The van der Waals surface area contributed by atoms with E-state index in [2.05, 4.69) is 0 Å². The summed E-state index contributed by atoms with van der Waals surface area (Å²) >= 11 is 7.23. The molecule has 1 aliphatic rings. The van der Waals surface area contributed by atoms with Gasteiger partial charge in [0.1, 0.15) is 0 Å². The molecule has 0 N–H and O–H groups in total. The molecule has 0 aromatic heterocycles. The van der Waals surface area contributed by atoms with Gasteiger partial charge in [-0.1, -0.05) is 29.4 Å². The van der Waals surface area contributed by atoms with Crippen molar-refractivity contribution in [1.82, 2.24) is 0 Å². The number of thioether (sulfide) groups is 1. The summed E-state index contributed by atoms with van der Waals surface area (Å²) in [4.78, 5) is 11.2. The third kappa shape index (κ3) is 1.91. The van der Waals surface area contributed by atoms with Gasteiger partial charge in [0.25, 0.3) is 0 Å². The number of esters is 1. The zero-order chi connectivity index (χ0) is 8.32. The molecule has 0 spiro atoms. The van der Waals surface area contributed by atoms with Gasteiger partial charge in [-0.15, -0.1) is 0 Å². The number of halogens is 1. The van der Waals surface area contributed by atoms with Crippen molar-refractivity contribution in [2.75, 3.05) is 6.61 Å². The van der Waals surface area contributed by atoms with E-state index < -0.39 is 4.21 Å². The highest BCUT2D eigenvalue weighted by atomic mass is 35.5. The molecule has 62 valence electrons. The van der Waals surface area contributed by atoms with Gasteiger partial charge < -0.3 is 4.74 Å². The van der Waals surface area contributed by atoms with E-state index in [1.165, 1.54) is 11.8 Å². The topological polar surface area (TPSA) is 26.3 Å². The van der Waals surface area contributed by atoms with Crippen molar-refractivity contribution >= 4 is 29.3 Å². The summed E-state index contributed by atoms with van der Waals surface area (Å²) in [6, 6.07) is 0. The zero-order valence-electron chi connectivity index (χ0n) is 6.17. The van der Waals surface area contributed by atoms with Crippen molar-refractivity contribution in [2.24, 2.45) is 0 Å². The Morgan fingerprint density at radius 2 is 2.64 bits per heavy atom. The molecule has 0 saturated carbocycles. The fourth-order valence-electron chi connectivity index (χ4n) is 0.774. The van der Waals surface area contributed by atoms with Crippen LogP contribution in [0.25, 0.3) is 0 Å². The maximum absolute atomic E-state index is 11.2. The number of hydrogen-bond donors (Lipinski definition) is 0. The predicted molar refractivity (Wildman–Crippen MR) is 46.6 cm³/mol. The van der Waals surface area contributed by atoms with Crippen LogP contribution in [0.3, 0.4) is 0 Å². The van der Waals surface area contributed by atoms with Gasteiger partial charge in [-0.3, -0.25) is 0 Å². The van der Waals surface area contributed by atoms with E-state index in [4.69, 9.17) is 16.3 Å². The SMILES string of the molecule is CCOC(=O)C1(Cl)CC=CS1. The summed E-state index contributed by atoms with van der Waals surface area (Å²) in [5.41, 5.74) is 0. The summed E-state index contributed by atoms with van der Waals surface area (Å²) in [5, 5.41) is 1.82. The molecule has 0 saturated heterocycles.